The van der Waals surface area contributed by atoms with E-state index in [-0.39, 0.29) is 31.3 Å². The van der Waals surface area contributed by atoms with E-state index in [1.807, 2.05) is 36.7 Å². The lowest BCUT2D eigenvalue weighted by Crippen LogP contribution is -2.34. The van der Waals surface area contributed by atoms with Crippen molar-refractivity contribution >= 4 is 52.5 Å². The summed E-state index contributed by atoms with van der Waals surface area (Å²) in [6.45, 7) is 6.19. The van der Waals surface area contributed by atoms with E-state index in [1.54, 1.807) is 48.7 Å². The lowest BCUT2D eigenvalue weighted by molar-refractivity contribution is -0.167. The molecule has 2 amide bonds. The van der Waals surface area contributed by atoms with Crippen molar-refractivity contribution in [1.29, 1.82) is 0 Å². The van der Waals surface area contributed by atoms with Crippen LogP contribution in [0, 0.1) is 0 Å². The van der Waals surface area contributed by atoms with Gasteiger partial charge in [0.2, 0.25) is 6.29 Å². The quantitative estimate of drug-likeness (QED) is 0.0283. The molecule has 15 nitrogen and oxygen atoms in total. The summed E-state index contributed by atoms with van der Waals surface area (Å²) in [5.41, 5.74) is 9.18. The molecule has 15 heteroatoms. The van der Waals surface area contributed by atoms with Gasteiger partial charge in [-0.3, -0.25) is 14.5 Å². The second-order valence-electron chi connectivity index (χ2n) is 12.1. The van der Waals surface area contributed by atoms with Gasteiger partial charge in [-0.15, -0.1) is 0 Å². The van der Waals surface area contributed by atoms with Gasteiger partial charge in [-0.2, -0.15) is 4.99 Å². The third-order valence-corrected chi connectivity index (χ3v) is 7.98. The van der Waals surface area contributed by atoms with Gasteiger partial charge >= 0.3 is 18.2 Å². The Balaban J connectivity index is 1.38. The van der Waals surface area contributed by atoms with Gasteiger partial charge in [0.1, 0.15) is 17.5 Å². The van der Waals surface area contributed by atoms with Crippen LogP contribution in [-0.2, 0) is 37.3 Å². The predicted molar refractivity (Wildman–Crippen MR) is 200 cm³/mol. The maximum Gasteiger partial charge on any atom is 0.511 e. The molecule has 53 heavy (non-hydrogen) atoms. The van der Waals surface area contributed by atoms with E-state index in [4.69, 9.17) is 29.7 Å². The highest BCUT2D eigenvalue weighted by atomic mass is 16.8. The molecular formula is C38H47N7O8. The van der Waals surface area contributed by atoms with Crippen LogP contribution in [0.3, 0.4) is 0 Å². The van der Waals surface area contributed by atoms with E-state index < -0.39 is 24.5 Å². The molecule has 2 aromatic carbocycles. The molecule has 0 aliphatic carbocycles. The molecule has 0 saturated heterocycles. The van der Waals surface area contributed by atoms with Crippen molar-refractivity contribution in [1.82, 2.24) is 14.5 Å². The van der Waals surface area contributed by atoms with Gasteiger partial charge in [-0.25, -0.2) is 19.6 Å². The lowest BCUT2D eigenvalue weighted by Gasteiger charge is -2.22. The fourth-order valence-electron chi connectivity index (χ4n) is 5.18. The topological polar surface area (TPSA) is 190 Å². The van der Waals surface area contributed by atoms with E-state index in [9.17, 15) is 19.2 Å². The first-order valence-electron chi connectivity index (χ1n) is 17.7. The van der Waals surface area contributed by atoms with Crippen molar-refractivity contribution in [3.05, 3.63) is 83.8 Å². The molecule has 0 fully saturated rings. The molecule has 1 unspecified atom stereocenters. The number of nitrogens with two attached hydrogens (primary N) is 1. The number of amidine groups is 1. The maximum absolute atomic E-state index is 13.8. The van der Waals surface area contributed by atoms with Crippen molar-refractivity contribution in [2.75, 3.05) is 30.0 Å². The van der Waals surface area contributed by atoms with Crippen LogP contribution in [0.4, 0.5) is 21.1 Å². The lowest BCUT2D eigenvalue weighted by atomic mass is 10.1. The van der Waals surface area contributed by atoms with Gasteiger partial charge in [0.05, 0.1) is 37.2 Å². The SMILES string of the molecule is CCCCCCOC(=O)/N=C(/N)c1ccc(NCc2nc3cc(C(=O)N(CCC(=O)OC(C)OC(=O)OCCC)c4ccccn4)ccc3n2C)cc1. The number of hydrogen-bond donors (Lipinski definition) is 2. The normalized spacial score (nSPS) is 11.8. The van der Waals surface area contributed by atoms with Gasteiger partial charge < -0.3 is 34.6 Å². The summed E-state index contributed by atoms with van der Waals surface area (Å²) in [5, 5.41) is 3.33. The molecule has 282 valence electrons. The summed E-state index contributed by atoms with van der Waals surface area (Å²) in [4.78, 5) is 64.5. The van der Waals surface area contributed by atoms with Crippen LogP contribution >= 0.6 is 0 Å². The van der Waals surface area contributed by atoms with Crippen molar-refractivity contribution in [2.45, 2.75) is 72.1 Å². The molecule has 0 saturated carbocycles. The molecular weight excluding hydrogens is 682 g/mol. The van der Waals surface area contributed by atoms with E-state index in [2.05, 4.69) is 22.2 Å². The van der Waals surface area contributed by atoms with Gasteiger partial charge in [0.15, 0.2) is 0 Å². The molecule has 4 aromatic rings. The van der Waals surface area contributed by atoms with E-state index in [0.717, 1.165) is 42.7 Å². The average Bonchev–Trinajstić information content (AvgIpc) is 3.47. The number of anilines is 2. The number of benzene rings is 2. The largest absolute Gasteiger partial charge is 0.511 e. The summed E-state index contributed by atoms with van der Waals surface area (Å²) in [5.74, 6) is 0.0738. The Kier molecular flexibility index (Phi) is 15.1. The fraction of sp³-hybridized carbons (Fsp3) is 0.395. The second kappa shape index (κ2) is 20.2. The van der Waals surface area contributed by atoms with Gasteiger partial charge in [0, 0.05) is 43.5 Å². The Morgan fingerprint density at radius 3 is 2.42 bits per heavy atom. The van der Waals surface area contributed by atoms with E-state index in [1.165, 1.54) is 11.8 Å². The first-order valence-corrected chi connectivity index (χ1v) is 17.7. The summed E-state index contributed by atoms with van der Waals surface area (Å²) < 4.78 is 22.0. The number of amides is 2. The Morgan fingerprint density at radius 1 is 0.925 bits per heavy atom. The Labute approximate surface area is 308 Å². The van der Waals surface area contributed by atoms with Crippen LogP contribution in [0.2, 0.25) is 0 Å². The van der Waals surface area contributed by atoms with Crippen LogP contribution in [-0.4, -0.2) is 70.5 Å². The number of carbonyl (C=O) groups is 4. The number of ether oxygens (including phenoxy) is 4. The molecule has 0 aliphatic rings. The Bertz CT molecular complexity index is 1860. The van der Waals surface area contributed by atoms with Crippen LogP contribution in [0.15, 0.2) is 71.9 Å². The number of aliphatic imine (C=N–C) groups is 1. The standard InChI is InChI=1S/C38H47N7O8/c1-5-7-8-11-23-50-37(48)43-35(39)27-13-16-29(17-14-27)41-25-33-42-30-24-28(15-18-31(30)44(33)4)36(47)45(32-12-9-10-20-40-32)21-19-34(46)52-26(3)53-38(49)51-22-6-2/h9-10,12-18,20,24,26,41H,5-8,11,19,21-23,25H2,1-4H3,(H2,39,43,48). The third kappa shape index (κ3) is 12.0. The van der Waals surface area contributed by atoms with Crippen molar-refractivity contribution < 1.29 is 38.1 Å². The zero-order valence-electron chi connectivity index (χ0n) is 30.6. The number of rotatable bonds is 18. The smallest absolute Gasteiger partial charge is 0.448 e. The number of pyridine rings is 1. The van der Waals surface area contributed by atoms with Crippen LogP contribution in [0.25, 0.3) is 11.0 Å². The number of hydrogen-bond acceptors (Lipinski definition) is 11. The fourth-order valence-corrected chi connectivity index (χ4v) is 5.18. The highest BCUT2D eigenvalue weighted by Crippen LogP contribution is 2.22. The molecule has 0 radical (unpaired) electrons. The molecule has 1 atom stereocenters. The minimum Gasteiger partial charge on any atom is -0.448 e. The number of nitrogens with one attached hydrogen (secondary N) is 1. The van der Waals surface area contributed by atoms with Crippen molar-refractivity contribution in [3.63, 3.8) is 0 Å². The minimum absolute atomic E-state index is 0.0450. The summed E-state index contributed by atoms with van der Waals surface area (Å²) >= 11 is 0. The van der Waals surface area contributed by atoms with Crippen molar-refractivity contribution in [2.24, 2.45) is 17.8 Å². The third-order valence-electron chi connectivity index (χ3n) is 7.98. The monoisotopic (exact) mass is 729 g/mol. The van der Waals surface area contributed by atoms with Gasteiger partial charge in [-0.05, 0) is 67.4 Å². The van der Waals surface area contributed by atoms with Crippen LogP contribution in [0.1, 0.15) is 81.0 Å². The number of esters is 1. The first kappa shape index (κ1) is 39.8. The number of imidazole rings is 1. The molecule has 0 aliphatic heterocycles. The van der Waals surface area contributed by atoms with Gasteiger partial charge in [-0.1, -0.05) is 39.2 Å². The number of aromatic nitrogens is 3. The Morgan fingerprint density at radius 2 is 1.70 bits per heavy atom. The number of nitrogens with zero attached hydrogens (tertiary/aromatic N) is 5. The number of carbonyl (C=O) groups excluding carboxylic acids is 4. The molecule has 3 N–H and O–H groups in total. The number of aryl methyl sites for hydroxylation is 1. The molecule has 4 rings (SSSR count). The van der Waals surface area contributed by atoms with Crippen molar-refractivity contribution in [3.8, 4) is 0 Å². The molecule has 0 bridgehead atoms. The first-order chi connectivity index (χ1) is 25.6. The molecule has 0 spiro atoms. The summed E-state index contributed by atoms with van der Waals surface area (Å²) in [7, 11) is 1.89. The summed E-state index contributed by atoms with van der Waals surface area (Å²) in [6.07, 6.45) is 3.17. The van der Waals surface area contributed by atoms with Gasteiger partial charge in [0.25, 0.3) is 5.91 Å². The second-order valence-corrected chi connectivity index (χ2v) is 12.1. The zero-order chi connectivity index (χ0) is 38.2. The van der Waals surface area contributed by atoms with Crippen LogP contribution in [0.5, 0.6) is 0 Å². The molecule has 2 heterocycles. The predicted octanol–water partition coefficient (Wildman–Crippen LogP) is 6.49. The highest BCUT2D eigenvalue weighted by Gasteiger charge is 2.23. The minimum atomic E-state index is -1.17. The van der Waals surface area contributed by atoms with Crippen LogP contribution < -0.4 is 16.0 Å². The highest BCUT2D eigenvalue weighted by molar-refractivity contribution is 6.07. The average molecular weight is 730 g/mol. The van der Waals surface area contributed by atoms with E-state index >= 15 is 0 Å². The Hall–Kier alpha value is -5.99. The molecule has 2 aromatic heterocycles. The maximum atomic E-state index is 13.8. The number of unbranched alkanes of at least 4 members (excludes halogenated alkanes) is 3. The van der Waals surface area contributed by atoms with E-state index in [0.29, 0.717) is 42.0 Å². The zero-order valence-corrected chi connectivity index (χ0v) is 30.6. The number of fused-ring (bicyclic) bond motifs is 1. The summed E-state index contributed by atoms with van der Waals surface area (Å²) in [6, 6.07) is 17.5.